The molecule has 1 saturated heterocycles. The second-order valence-electron chi connectivity index (χ2n) is 6.66. The first-order valence-electron chi connectivity index (χ1n) is 8.68. The van der Waals surface area contributed by atoms with Gasteiger partial charge in [-0.3, -0.25) is 0 Å². The Kier molecular flexibility index (Phi) is 6.02. The molecule has 0 saturated carbocycles. The normalized spacial score (nSPS) is 19.7. The van der Waals surface area contributed by atoms with Crippen molar-refractivity contribution < 1.29 is 36.6 Å². The van der Waals surface area contributed by atoms with Crippen LogP contribution in [-0.2, 0) is 10.9 Å². The molecule has 0 bridgehead atoms. The summed E-state index contributed by atoms with van der Waals surface area (Å²) in [5.74, 6) is -0.984. The van der Waals surface area contributed by atoms with Crippen LogP contribution in [0.3, 0.4) is 0 Å². The van der Waals surface area contributed by atoms with Gasteiger partial charge in [0, 0.05) is 18.7 Å². The van der Waals surface area contributed by atoms with Gasteiger partial charge in [0.05, 0.1) is 23.8 Å². The van der Waals surface area contributed by atoms with E-state index in [1.54, 1.807) is 4.90 Å². The van der Waals surface area contributed by atoms with Gasteiger partial charge in [-0.1, -0.05) is 12.1 Å². The summed E-state index contributed by atoms with van der Waals surface area (Å²) in [5.41, 5.74) is -0.142. The molecule has 1 unspecified atom stereocenters. The number of benzene rings is 1. The number of pyridine rings is 1. The Morgan fingerprint density at radius 1 is 1.21 bits per heavy atom. The summed E-state index contributed by atoms with van der Waals surface area (Å²) in [6.07, 6.45) is -2.90. The third-order valence-corrected chi connectivity index (χ3v) is 4.83. The van der Waals surface area contributed by atoms with Crippen LogP contribution in [0, 0.1) is 0 Å². The smallest absolute Gasteiger partial charge is 0.416 e. The molecule has 2 heterocycles. The summed E-state index contributed by atoms with van der Waals surface area (Å²) in [6, 6.07) is 7.06. The number of carboxylic acid groups (broad SMARTS) is 1. The zero-order valence-corrected chi connectivity index (χ0v) is 14.9. The Labute approximate surface area is 162 Å². The van der Waals surface area contributed by atoms with Crippen LogP contribution >= 0.6 is 0 Å². The van der Waals surface area contributed by atoms with E-state index in [0.717, 1.165) is 18.3 Å². The molecule has 0 spiro atoms. The lowest BCUT2D eigenvalue weighted by Gasteiger charge is -2.25. The monoisotopic (exact) mass is 416 g/mol. The highest BCUT2D eigenvalue weighted by Gasteiger charge is 2.35. The minimum absolute atomic E-state index is 0.0207. The fourth-order valence-electron chi connectivity index (χ4n) is 3.41. The van der Waals surface area contributed by atoms with E-state index in [2.05, 4.69) is 9.72 Å². The Bertz CT molecular complexity index is 840. The molecule has 2 atom stereocenters. The van der Waals surface area contributed by atoms with Crippen LogP contribution in [0.4, 0.5) is 27.8 Å². The van der Waals surface area contributed by atoms with Crippen molar-refractivity contribution in [1.29, 1.82) is 0 Å². The summed E-state index contributed by atoms with van der Waals surface area (Å²) in [5, 5.41) is 8.97. The average Bonchev–Trinajstić information content (AvgIpc) is 3.10. The number of aromatic nitrogens is 1. The molecule has 2 aromatic rings. The van der Waals surface area contributed by atoms with Gasteiger partial charge in [-0.15, -0.1) is 0 Å². The minimum Gasteiger partial charge on any atom is -0.478 e. The minimum atomic E-state index is -4.44. The van der Waals surface area contributed by atoms with Crippen LogP contribution < -0.4 is 4.90 Å². The molecular formula is C19H17F5N2O3. The summed E-state index contributed by atoms with van der Waals surface area (Å²) < 4.78 is 67.7. The number of alkyl halides is 5. The van der Waals surface area contributed by atoms with E-state index < -0.39 is 30.4 Å². The van der Waals surface area contributed by atoms with Crippen LogP contribution in [0.5, 0.6) is 0 Å². The molecule has 1 aliphatic rings. The number of hydrogen-bond donors (Lipinski definition) is 1. The maximum Gasteiger partial charge on any atom is 0.416 e. The van der Waals surface area contributed by atoms with Crippen molar-refractivity contribution in [2.45, 2.75) is 31.2 Å². The first-order chi connectivity index (χ1) is 13.6. The number of carbonyl (C=O) groups is 1. The lowest BCUT2D eigenvalue weighted by Crippen LogP contribution is -2.34. The fraction of sp³-hybridized carbons (Fsp3) is 0.368. The molecule has 29 heavy (non-hydrogen) atoms. The topological polar surface area (TPSA) is 62.7 Å². The third kappa shape index (κ3) is 5.00. The van der Waals surface area contributed by atoms with Crippen molar-refractivity contribution in [1.82, 2.24) is 4.98 Å². The van der Waals surface area contributed by atoms with Gasteiger partial charge >= 0.3 is 18.8 Å². The van der Waals surface area contributed by atoms with E-state index in [-0.39, 0.29) is 18.1 Å². The quantitative estimate of drug-likeness (QED) is 0.708. The van der Waals surface area contributed by atoms with Crippen LogP contribution in [0.1, 0.15) is 33.8 Å². The number of rotatable bonds is 6. The first-order valence-corrected chi connectivity index (χ1v) is 8.68. The van der Waals surface area contributed by atoms with E-state index in [4.69, 9.17) is 5.11 Å². The van der Waals surface area contributed by atoms with Crippen molar-refractivity contribution in [3.63, 3.8) is 0 Å². The van der Waals surface area contributed by atoms with Crippen LogP contribution in [0.2, 0.25) is 0 Å². The summed E-state index contributed by atoms with van der Waals surface area (Å²) >= 11 is 0. The van der Waals surface area contributed by atoms with Crippen LogP contribution in [0.15, 0.2) is 42.6 Å². The Morgan fingerprint density at radius 2 is 1.90 bits per heavy atom. The summed E-state index contributed by atoms with van der Waals surface area (Å²) in [4.78, 5) is 16.8. The maximum absolute atomic E-state index is 12.8. The van der Waals surface area contributed by atoms with Crippen LogP contribution in [-0.4, -0.2) is 41.9 Å². The molecular weight excluding hydrogens is 399 g/mol. The van der Waals surface area contributed by atoms with Gasteiger partial charge in [0.1, 0.15) is 5.82 Å². The van der Waals surface area contributed by atoms with Crippen LogP contribution in [0.25, 0.3) is 0 Å². The zero-order valence-electron chi connectivity index (χ0n) is 14.9. The van der Waals surface area contributed by atoms with E-state index in [9.17, 15) is 26.7 Å². The molecule has 1 aromatic carbocycles. The van der Waals surface area contributed by atoms with Gasteiger partial charge in [-0.2, -0.15) is 22.0 Å². The van der Waals surface area contributed by atoms with Crippen molar-refractivity contribution in [3.8, 4) is 0 Å². The molecule has 156 valence electrons. The number of aromatic carboxylic acids is 1. The van der Waals surface area contributed by atoms with Gasteiger partial charge in [-0.25, -0.2) is 9.78 Å². The van der Waals surface area contributed by atoms with Gasteiger partial charge in [0.15, 0.2) is 0 Å². The highest BCUT2D eigenvalue weighted by atomic mass is 19.4. The molecule has 0 radical (unpaired) electrons. The molecule has 0 amide bonds. The third-order valence-electron chi connectivity index (χ3n) is 4.83. The number of carboxylic acids is 1. The lowest BCUT2D eigenvalue weighted by molar-refractivity contribution is -0.137. The average molecular weight is 416 g/mol. The Balaban J connectivity index is 1.81. The largest absolute Gasteiger partial charge is 0.478 e. The molecule has 1 N–H and O–H groups in total. The standard InChI is InChI=1S/C19H17F5N2O3/c20-18(21)29-10-15-7-13(11-1-4-14(5-2-11)19(22,23)24)9-26(15)16-6-3-12(8-25-16)17(27)28/h1-6,8,13,15,18H,7,9-10H2,(H,27,28)/t13?,15-/m0/s1. The number of anilines is 1. The molecule has 0 aliphatic carbocycles. The number of nitrogens with zero attached hydrogens (tertiary/aromatic N) is 2. The molecule has 10 heteroatoms. The van der Waals surface area contributed by atoms with Gasteiger partial charge < -0.3 is 14.7 Å². The molecule has 1 aromatic heterocycles. The fourth-order valence-corrected chi connectivity index (χ4v) is 3.41. The van der Waals surface area contributed by atoms with Gasteiger partial charge in [0.25, 0.3) is 0 Å². The maximum atomic E-state index is 12.8. The van der Waals surface area contributed by atoms with Crippen molar-refractivity contribution in [2.24, 2.45) is 0 Å². The predicted molar refractivity (Wildman–Crippen MR) is 93.1 cm³/mol. The van der Waals surface area contributed by atoms with Gasteiger partial charge in [0.2, 0.25) is 0 Å². The lowest BCUT2D eigenvalue weighted by atomic mass is 9.95. The van der Waals surface area contributed by atoms with E-state index >= 15 is 0 Å². The highest BCUT2D eigenvalue weighted by Crippen LogP contribution is 2.36. The zero-order chi connectivity index (χ0) is 21.2. The molecule has 5 nitrogen and oxygen atoms in total. The SMILES string of the molecule is O=C(O)c1ccc(N2CC(c3ccc(C(F)(F)F)cc3)C[C@H]2COC(F)F)nc1. The number of halogens is 5. The predicted octanol–water partition coefficient (Wildman–Crippen LogP) is 4.40. The Morgan fingerprint density at radius 3 is 2.41 bits per heavy atom. The van der Waals surface area contributed by atoms with E-state index in [0.29, 0.717) is 24.3 Å². The van der Waals surface area contributed by atoms with E-state index in [1.165, 1.54) is 24.3 Å². The summed E-state index contributed by atoms with van der Waals surface area (Å²) in [6.45, 7) is -2.93. The van der Waals surface area contributed by atoms with Gasteiger partial charge in [-0.05, 0) is 36.2 Å². The first kappa shape index (κ1) is 21.0. The molecule has 3 rings (SSSR count). The summed E-state index contributed by atoms with van der Waals surface area (Å²) in [7, 11) is 0. The second-order valence-corrected chi connectivity index (χ2v) is 6.66. The van der Waals surface area contributed by atoms with E-state index in [1.807, 2.05) is 0 Å². The highest BCUT2D eigenvalue weighted by molar-refractivity contribution is 5.87. The number of ether oxygens (including phenoxy) is 1. The Hall–Kier alpha value is -2.75. The second kappa shape index (κ2) is 8.32. The van der Waals surface area contributed by atoms with Crippen molar-refractivity contribution in [3.05, 3.63) is 59.3 Å². The van der Waals surface area contributed by atoms with Crippen molar-refractivity contribution in [2.75, 3.05) is 18.1 Å². The molecule has 1 aliphatic heterocycles. The molecule has 1 fully saturated rings. The van der Waals surface area contributed by atoms with Crippen molar-refractivity contribution >= 4 is 11.8 Å². The number of hydrogen-bond acceptors (Lipinski definition) is 4.